The summed E-state index contributed by atoms with van der Waals surface area (Å²) in [5, 5.41) is 4.71. The van der Waals surface area contributed by atoms with Gasteiger partial charge in [-0.3, -0.25) is 9.48 Å². The average Bonchev–Trinajstić information content (AvgIpc) is 3.36. The molecular weight excluding hydrogens is 394 g/mol. The third kappa shape index (κ3) is 5.71. The van der Waals surface area contributed by atoms with Gasteiger partial charge in [0, 0.05) is 18.9 Å². The Bertz CT molecular complexity index is 893. The van der Waals surface area contributed by atoms with E-state index < -0.39 is 11.9 Å². The van der Waals surface area contributed by atoms with E-state index in [1.165, 1.54) is 29.8 Å². The highest BCUT2D eigenvalue weighted by Crippen LogP contribution is 2.28. The molecule has 8 nitrogen and oxygen atoms in total. The predicted octanol–water partition coefficient (Wildman–Crippen LogP) is 2.07. The maximum atomic E-state index is 12.2. The van der Waals surface area contributed by atoms with E-state index in [0.29, 0.717) is 30.1 Å². The molecule has 0 bridgehead atoms. The zero-order valence-corrected chi connectivity index (χ0v) is 16.8. The summed E-state index contributed by atoms with van der Waals surface area (Å²) in [6, 6.07) is 9.02. The fraction of sp³-hybridized carbons (Fsp3) is 0.300. The van der Waals surface area contributed by atoms with Crippen molar-refractivity contribution in [2.75, 3.05) is 26.0 Å². The Labute approximate surface area is 172 Å². The van der Waals surface area contributed by atoms with Gasteiger partial charge in [-0.05, 0) is 30.2 Å². The van der Waals surface area contributed by atoms with Crippen LogP contribution < -0.4 is 0 Å². The van der Waals surface area contributed by atoms with Gasteiger partial charge in [-0.15, -0.1) is 0 Å². The molecule has 1 aromatic carbocycles. The zero-order chi connectivity index (χ0) is 20.6. The summed E-state index contributed by atoms with van der Waals surface area (Å²) in [5.74, 6) is -0.713. The van der Waals surface area contributed by atoms with E-state index >= 15 is 0 Å². The number of hydrogen-bond donors (Lipinski definition) is 0. The molecule has 0 aliphatic carbocycles. The molecule has 1 aliphatic rings. The first-order chi connectivity index (χ1) is 14.1. The first-order valence-corrected chi connectivity index (χ1v) is 10.0. The summed E-state index contributed by atoms with van der Waals surface area (Å²) in [4.78, 5) is 37.0. The van der Waals surface area contributed by atoms with E-state index in [1.807, 2.05) is 24.4 Å². The summed E-state index contributed by atoms with van der Waals surface area (Å²) in [6.45, 7) is 1.17. The highest BCUT2D eigenvalue weighted by Gasteiger charge is 2.27. The summed E-state index contributed by atoms with van der Waals surface area (Å²) < 4.78 is 11.7. The van der Waals surface area contributed by atoms with E-state index in [1.54, 1.807) is 23.0 Å². The molecule has 0 spiro atoms. The minimum absolute atomic E-state index is 0.0794. The average molecular weight is 415 g/mol. The Morgan fingerprint density at radius 3 is 2.76 bits per heavy atom. The van der Waals surface area contributed by atoms with Crippen molar-refractivity contribution in [3.63, 3.8) is 0 Å². The molecular formula is C20H21N3O5S. The topological polar surface area (TPSA) is 90.7 Å². The van der Waals surface area contributed by atoms with Crippen molar-refractivity contribution < 1.29 is 23.9 Å². The number of amides is 1. The number of esters is 2. The molecule has 0 unspecified atom stereocenters. The lowest BCUT2D eigenvalue weighted by molar-refractivity contribution is -0.134. The van der Waals surface area contributed by atoms with Gasteiger partial charge in [0.2, 0.25) is 5.91 Å². The SMILES string of the molecule is COC(=O)/C=C1/SCC(=O)N1CCCOC(=O)c1ccc(Cn2cccn2)cc1. The molecule has 3 rings (SSSR count). The van der Waals surface area contributed by atoms with Crippen molar-refractivity contribution >= 4 is 29.6 Å². The lowest BCUT2D eigenvalue weighted by atomic mass is 10.1. The van der Waals surface area contributed by atoms with Crippen LogP contribution in [0.3, 0.4) is 0 Å². The van der Waals surface area contributed by atoms with E-state index in [9.17, 15) is 14.4 Å². The molecule has 1 saturated heterocycles. The minimum atomic E-state index is -0.505. The molecule has 1 aliphatic heterocycles. The van der Waals surface area contributed by atoms with Crippen LogP contribution in [0.25, 0.3) is 0 Å². The van der Waals surface area contributed by atoms with Gasteiger partial charge in [0.05, 0.1) is 42.7 Å². The van der Waals surface area contributed by atoms with Crippen molar-refractivity contribution in [2.24, 2.45) is 0 Å². The number of ether oxygens (including phenoxy) is 2. The van der Waals surface area contributed by atoms with Gasteiger partial charge in [0.1, 0.15) is 0 Å². The van der Waals surface area contributed by atoms with Crippen molar-refractivity contribution in [3.05, 3.63) is 65.0 Å². The van der Waals surface area contributed by atoms with E-state index in [4.69, 9.17) is 4.74 Å². The Balaban J connectivity index is 1.45. The molecule has 0 N–H and O–H groups in total. The van der Waals surface area contributed by atoms with Crippen LogP contribution in [0.4, 0.5) is 0 Å². The van der Waals surface area contributed by atoms with Gasteiger partial charge in [-0.2, -0.15) is 5.10 Å². The van der Waals surface area contributed by atoms with E-state index in [-0.39, 0.29) is 18.3 Å². The summed E-state index contributed by atoms with van der Waals surface area (Å²) in [7, 11) is 1.29. The molecule has 2 heterocycles. The van der Waals surface area contributed by atoms with Crippen LogP contribution in [-0.2, 0) is 25.6 Å². The van der Waals surface area contributed by atoms with Crippen LogP contribution in [0, 0.1) is 0 Å². The Morgan fingerprint density at radius 1 is 1.28 bits per heavy atom. The first kappa shape index (κ1) is 20.7. The van der Waals surface area contributed by atoms with Gasteiger partial charge in [-0.25, -0.2) is 9.59 Å². The normalized spacial score (nSPS) is 15.0. The largest absolute Gasteiger partial charge is 0.466 e. The number of nitrogens with zero attached hydrogens (tertiary/aromatic N) is 3. The van der Waals surface area contributed by atoms with Crippen LogP contribution >= 0.6 is 11.8 Å². The second-order valence-corrected chi connectivity index (χ2v) is 7.23. The predicted molar refractivity (Wildman–Crippen MR) is 107 cm³/mol. The standard InChI is InChI=1S/C20H21N3O5S/c1-27-19(25)12-18-23(17(24)14-29-18)10-3-11-28-20(26)16-6-4-15(5-7-16)13-22-9-2-8-21-22/h2,4-9,12H,3,10-11,13-14H2,1H3/b18-12+. The maximum absolute atomic E-state index is 12.2. The van der Waals surface area contributed by atoms with Gasteiger partial charge in [0.25, 0.3) is 0 Å². The van der Waals surface area contributed by atoms with Crippen molar-refractivity contribution in [1.29, 1.82) is 0 Å². The summed E-state index contributed by atoms with van der Waals surface area (Å²) in [5.41, 5.74) is 1.49. The molecule has 1 fully saturated rings. The molecule has 1 aromatic heterocycles. The fourth-order valence-corrected chi connectivity index (χ4v) is 3.68. The highest BCUT2D eigenvalue weighted by molar-refractivity contribution is 8.04. The van der Waals surface area contributed by atoms with Crippen LogP contribution in [-0.4, -0.2) is 58.5 Å². The first-order valence-electron chi connectivity index (χ1n) is 9.03. The third-order valence-electron chi connectivity index (χ3n) is 4.21. The quantitative estimate of drug-likeness (QED) is 0.370. The Hall–Kier alpha value is -3.07. The van der Waals surface area contributed by atoms with Gasteiger partial charge in [0.15, 0.2) is 0 Å². The second kappa shape index (κ2) is 9.92. The van der Waals surface area contributed by atoms with Crippen molar-refractivity contribution in [1.82, 2.24) is 14.7 Å². The number of rotatable bonds is 8. The Kier molecular flexibility index (Phi) is 7.07. The van der Waals surface area contributed by atoms with Gasteiger partial charge in [-0.1, -0.05) is 23.9 Å². The minimum Gasteiger partial charge on any atom is -0.466 e. The lowest BCUT2D eigenvalue weighted by Crippen LogP contribution is -2.27. The number of thioether (sulfide) groups is 1. The molecule has 0 atom stereocenters. The number of carbonyl (C=O) groups excluding carboxylic acids is 3. The number of aromatic nitrogens is 2. The molecule has 2 aromatic rings. The molecule has 9 heteroatoms. The van der Waals surface area contributed by atoms with E-state index in [0.717, 1.165) is 5.56 Å². The fourth-order valence-electron chi connectivity index (χ4n) is 2.73. The molecule has 1 amide bonds. The van der Waals surface area contributed by atoms with E-state index in [2.05, 4.69) is 9.84 Å². The molecule has 0 saturated carbocycles. The summed E-state index contributed by atoms with van der Waals surface area (Å²) in [6.07, 6.45) is 5.35. The monoisotopic (exact) mass is 415 g/mol. The molecule has 0 radical (unpaired) electrons. The maximum Gasteiger partial charge on any atom is 0.338 e. The molecule has 152 valence electrons. The van der Waals surface area contributed by atoms with Gasteiger partial charge >= 0.3 is 11.9 Å². The number of benzene rings is 1. The second-order valence-electron chi connectivity index (χ2n) is 6.23. The summed E-state index contributed by atoms with van der Waals surface area (Å²) >= 11 is 1.29. The van der Waals surface area contributed by atoms with Crippen LogP contribution in [0.15, 0.2) is 53.8 Å². The highest BCUT2D eigenvalue weighted by atomic mass is 32.2. The smallest absolute Gasteiger partial charge is 0.338 e. The molecule has 29 heavy (non-hydrogen) atoms. The van der Waals surface area contributed by atoms with Crippen LogP contribution in [0.1, 0.15) is 22.3 Å². The van der Waals surface area contributed by atoms with Crippen LogP contribution in [0.5, 0.6) is 0 Å². The zero-order valence-electron chi connectivity index (χ0n) is 15.9. The van der Waals surface area contributed by atoms with Crippen molar-refractivity contribution in [3.8, 4) is 0 Å². The van der Waals surface area contributed by atoms with Crippen LogP contribution in [0.2, 0.25) is 0 Å². The Morgan fingerprint density at radius 2 is 2.07 bits per heavy atom. The van der Waals surface area contributed by atoms with Crippen molar-refractivity contribution in [2.45, 2.75) is 13.0 Å². The number of hydrogen-bond acceptors (Lipinski definition) is 7. The number of methoxy groups -OCH3 is 1. The third-order valence-corrected chi connectivity index (χ3v) is 5.23. The lowest BCUT2D eigenvalue weighted by Gasteiger charge is -2.16. The van der Waals surface area contributed by atoms with Gasteiger partial charge < -0.3 is 14.4 Å². The number of carbonyl (C=O) groups is 3.